The highest BCUT2D eigenvalue weighted by molar-refractivity contribution is 5.52. The fraction of sp³-hybridized carbons (Fsp3) is 0.714. The molecule has 0 bridgehead atoms. The van der Waals surface area contributed by atoms with Gasteiger partial charge in [-0.25, -0.2) is 4.39 Å². The Morgan fingerprint density at radius 3 is 2.56 bits per heavy atom. The highest BCUT2D eigenvalue weighted by atomic mass is 19.1. The highest BCUT2D eigenvalue weighted by Crippen LogP contribution is 2.39. The van der Waals surface area contributed by atoms with E-state index in [4.69, 9.17) is 19.7 Å². The molecule has 27 heavy (non-hydrogen) atoms. The normalized spacial score (nSPS) is 25.6. The molecule has 1 aliphatic carbocycles. The van der Waals surface area contributed by atoms with Crippen LogP contribution in [0.3, 0.4) is 0 Å². The van der Waals surface area contributed by atoms with Crippen LogP contribution in [0.1, 0.15) is 51.4 Å². The number of ether oxygens (including phenoxy) is 2. The van der Waals surface area contributed by atoms with E-state index in [0.717, 1.165) is 57.4 Å². The molecule has 4 rings (SSSR count). The largest absolute Gasteiger partial charge is 0.490 e. The van der Waals surface area contributed by atoms with E-state index in [0.29, 0.717) is 18.7 Å². The zero-order valence-corrected chi connectivity index (χ0v) is 15.8. The molecule has 1 saturated carbocycles. The second kappa shape index (κ2) is 7.94. The summed E-state index contributed by atoms with van der Waals surface area (Å²) in [6.45, 7) is 2.10. The molecule has 1 atom stereocenters. The number of halogens is 1. The number of anilines is 1. The predicted octanol–water partition coefficient (Wildman–Crippen LogP) is 3.22. The van der Waals surface area contributed by atoms with Gasteiger partial charge in [-0.05, 0) is 63.0 Å². The van der Waals surface area contributed by atoms with Crippen molar-refractivity contribution in [2.75, 3.05) is 24.6 Å². The lowest BCUT2D eigenvalue weighted by Gasteiger charge is -2.46. The molecule has 150 valence electrons. The lowest BCUT2D eigenvalue weighted by Crippen LogP contribution is -2.49. The van der Waals surface area contributed by atoms with Gasteiger partial charge in [0, 0.05) is 25.6 Å². The van der Waals surface area contributed by atoms with Crippen molar-refractivity contribution in [3.05, 3.63) is 24.0 Å². The summed E-state index contributed by atoms with van der Waals surface area (Å²) in [6, 6.07) is 5.07. The molecule has 0 radical (unpaired) electrons. The minimum Gasteiger partial charge on any atom is -0.490 e. The van der Waals surface area contributed by atoms with E-state index >= 15 is 0 Å². The maximum Gasteiger partial charge on any atom is 0.151 e. The quantitative estimate of drug-likeness (QED) is 0.769. The van der Waals surface area contributed by atoms with Gasteiger partial charge in [0.2, 0.25) is 0 Å². The van der Waals surface area contributed by atoms with Gasteiger partial charge in [-0.2, -0.15) is 0 Å². The van der Waals surface area contributed by atoms with Crippen LogP contribution < -0.4 is 9.64 Å². The predicted molar refractivity (Wildman–Crippen MR) is 100 cm³/mol. The summed E-state index contributed by atoms with van der Waals surface area (Å²) in [7, 11) is 0. The lowest BCUT2D eigenvalue weighted by atomic mass is 9.81. The van der Waals surface area contributed by atoms with Crippen molar-refractivity contribution in [1.82, 2.24) is 0 Å². The zero-order valence-electron chi connectivity index (χ0n) is 15.8. The van der Waals surface area contributed by atoms with E-state index in [1.807, 2.05) is 6.07 Å². The monoisotopic (exact) mass is 379 g/mol. The summed E-state index contributed by atoms with van der Waals surface area (Å²) in [5, 5.41) is 18.3. The summed E-state index contributed by atoms with van der Waals surface area (Å²) in [6.07, 6.45) is 6.42. The number of hydrogen-bond acceptors (Lipinski definition) is 5. The topological polar surface area (TPSA) is 62.2 Å². The van der Waals surface area contributed by atoms with Crippen LogP contribution in [0.2, 0.25) is 0 Å². The highest BCUT2D eigenvalue weighted by Gasteiger charge is 2.40. The smallest absolute Gasteiger partial charge is 0.151 e. The maximum atomic E-state index is 14.4. The molecule has 0 amide bonds. The van der Waals surface area contributed by atoms with E-state index in [1.165, 1.54) is 12.5 Å². The number of benzene rings is 1. The van der Waals surface area contributed by atoms with E-state index in [9.17, 15) is 4.39 Å². The van der Waals surface area contributed by atoms with Crippen LogP contribution in [0, 0.1) is 11.7 Å². The van der Waals surface area contributed by atoms with Gasteiger partial charge in [0.1, 0.15) is 11.6 Å². The Kier molecular flexibility index (Phi) is 5.58. The van der Waals surface area contributed by atoms with Gasteiger partial charge in [-0.3, -0.25) is 0 Å². The average molecular weight is 379 g/mol. The third kappa shape index (κ3) is 4.39. The first kappa shape index (κ1) is 19.0. The maximum absolute atomic E-state index is 14.4. The van der Waals surface area contributed by atoms with E-state index in [2.05, 4.69) is 4.90 Å². The molecular formula is C21H30FNO4. The van der Waals surface area contributed by atoms with Gasteiger partial charge in [0.05, 0.1) is 24.0 Å². The molecule has 0 aromatic heterocycles. The Hall–Kier alpha value is -1.37. The van der Waals surface area contributed by atoms with Gasteiger partial charge >= 0.3 is 0 Å². The fourth-order valence-electron chi connectivity index (χ4n) is 4.44. The van der Waals surface area contributed by atoms with Crippen LogP contribution in [0.4, 0.5) is 10.1 Å². The van der Waals surface area contributed by atoms with Crippen LogP contribution in [-0.4, -0.2) is 47.9 Å². The van der Waals surface area contributed by atoms with Crippen molar-refractivity contribution < 1.29 is 24.1 Å². The summed E-state index contributed by atoms with van der Waals surface area (Å²) < 4.78 is 26.5. The fourth-order valence-corrected chi connectivity index (χ4v) is 4.44. The van der Waals surface area contributed by atoms with Crippen LogP contribution in [-0.2, 0) is 4.74 Å². The number of nitrogens with zero attached hydrogens (tertiary/aromatic N) is 1. The van der Waals surface area contributed by atoms with E-state index < -0.39 is 6.29 Å². The van der Waals surface area contributed by atoms with Crippen LogP contribution in [0.15, 0.2) is 18.2 Å². The Bertz CT molecular complexity index is 631. The number of rotatable bonds is 5. The number of hydrogen-bond donors (Lipinski definition) is 2. The van der Waals surface area contributed by atoms with E-state index in [-0.39, 0.29) is 23.4 Å². The third-order valence-electron chi connectivity index (χ3n) is 6.47. The van der Waals surface area contributed by atoms with Crippen molar-refractivity contribution in [2.45, 2.75) is 69.4 Å². The molecule has 1 spiro atoms. The molecule has 1 aromatic carbocycles. The second-order valence-corrected chi connectivity index (χ2v) is 8.39. The first-order chi connectivity index (χ1) is 13.0. The van der Waals surface area contributed by atoms with E-state index in [1.54, 1.807) is 6.07 Å². The second-order valence-electron chi connectivity index (χ2n) is 8.39. The molecule has 2 saturated heterocycles. The van der Waals surface area contributed by atoms with Gasteiger partial charge in [0.15, 0.2) is 6.29 Å². The van der Waals surface area contributed by atoms with Gasteiger partial charge in [-0.1, -0.05) is 0 Å². The molecule has 2 N–H and O–H groups in total. The standard InChI is InChI=1S/C21H30FNO4/c22-18-5-4-17(27-16-2-1-3-16)13-19(18)23-10-8-21(9-11-23)7-6-15(14-26-21)12-20(24)25/h4-5,13,15-16,20,24-25H,1-3,6-12,14H2/t15-/m0/s1. The van der Waals surface area contributed by atoms with Crippen LogP contribution in [0.25, 0.3) is 0 Å². The zero-order chi connectivity index (χ0) is 18.9. The van der Waals surface area contributed by atoms with Crippen LogP contribution >= 0.6 is 0 Å². The minimum absolute atomic E-state index is 0.135. The molecule has 3 aliphatic rings. The first-order valence-corrected chi connectivity index (χ1v) is 10.2. The summed E-state index contributed by atoms with van der Waals surface area (Å²) in [5.74, 6) is 0.774. The molecule has 1 aromatic rings. The Morgan fingerprint density at radius 2 is 1.96 bits per heavy atom. The van der Waals surface area contributed by atoms with Gasteiger partial charge in [-0.15, -0.1) is 0 Å². The van der Waals surface area contributed by atoms with Gasteiger partial charge in [0.25, 0.3) is 0 Å². The van der Waals surface area contributed by atoms with Gasteiger partial charge < -0.3 is 24.6 Å². The third-order valence-corrected chi connectivity index (χ3v) is 6.47. The number of piperidine rings is 1. The van der Waals surface area contributed by atoms with Crippen LogP contribution in [0.5, 0.6) is 5.75 Å². The molecular weight excluding hydrogens is 349 g/mol. The first-order valence-electron chi connectivity index (χ1n) is 10.2. The molecule has 2 aliphatic heterocycles. The Balaban J connectivity index is 1.34. The lowest BCUT2D eigenvalue weighted by molar-refractivity contribution is -0.133. The average Bonchev–Trinajstić information content (AvgIpc) is 2.62. The number of aliphatic hydroxyl groups is 2. The summed E-state index contributed by atoms with van der Waals surface area (Å²) in [5.41, 5.74) is 0.489. The van der Waals surface area contributed by atoms with Crippen molar-refractivity contribution in [1.29, 1.82) is 0 Å². The molecule has 3 fully saturated rings. The van der Waals surface area contributed by atoms with Crippen molar-refractivity contribution in [2.24, 2.45) is 5.92 Å². The van der Waals surface area contributed by atoms with Crippen molar-refractivity contribution >= 4 is 5.69 Å². The SMILES string of the molecule is OC(O)C[C@@H]1CCC2(CCN(c3cc(OC4CCC4)ccc3F)CC2)OC1. The molecule has 6 heteroatoms. The summed E-state index contributed by atoms with van der Waals surface area (Å²) in [4.78, 5) is 2.10. The molecule has 2 heterocycles. The Labute approximate surface area is 160 Å². The number of aliphatic hydroxyl groups excluding tert-OH is 1. The van der Waals surface area contributed by atoms with Crippen molar-refractivity contribution in [3.63, 3.8) is 0 Å². The minimum atomic E-state index is -1.26. The Morgan fingerprint density at radius 1 is 1.19 bits per heavy atom. The summed E-state index contributed by atoms with van der Waals surface area (Å²) >= 11 is 0. The molecule has 0 unspecified atom stereocenters. The molecule has 5 nitrogen and oxygen atoms in total. The van der Waals surface area contributed by atoms with Crippen molar-refractivity contribution in [3.8, 4) is 5.75 Å².